The van der Waals surface area contributed by atoms with Crippen LogP contribution in [0.4, 0.5) is 5.69 Å². The highest BCUT2D eigenvalue weighted by Crippen LogP contribution is 2.16. The summed E-state index contributed by atoms with van der Waals surface area (Å²) in [5.41, 5.74) is 5.71. The van der Waals surface area contributed by atoms with Crippen LogP contribution in [-0.4, -0.2) is 23.3 Å². The molecule has 3 N–H and O–H groups in total. The lowest BCUT2D eigenvalue weighted by Crippen LogP contribution is -2.28. The van der Waals surface area contributed by atoms with Gasteiger partial charge in [0.15, 0.2) is 0 Å². The molecule has 0 unspecified atom stereocenters. The van der Waals surface area contributed by atoms with Crippen molar-refractivity contribution in [3.8, 4) is 0 Å². The van der Waals surface area contributed by atoms with Crippen LogP contribution >= 0.6 is 0 Å². The number of nitro benzene ring substituents is 1. The third-order valence-electron chi connectivity index (χ3n) is 2.32. The number of carbonyl (C=O) groups excluding carboxylic acids is 2. The van der Waals surface area contributed by atoms with Crippen LogP contribution in [0.15, 0.2) is 18.2 Å². The fourth-order valence-corrected chi connectivity index (χ4v) is 1.41. The van der Waals surface area contributed by atoms with Gasteiger partial charge in [-0.3, -0.25) is 19.7 Å². The quantitative estimate of drug-likeness (QED) is 0.585. The van der Waals surface area contributed by atoms with Gasteiger partial charge >= 0.3 is 0 Å². The van der Waals surface area contributed by atoms with Crippen LogP contribution in [0.5, 0.6) is 0 Å². The Morgan fingerprint density at radius 3 is 2.61 bits per heavy atom. The molecule has 0 aliphatic carbocycles. The highest BCUT2D eigenvalue weighted by molar-refractivity contribution is 5.96. The highest BCUT2D eigenvalue weighted by atomic mass is 16.6. The van der Waals surface area contributed by atoms with Crippen LogP contribution in [0.1, 0.15) is 22.3 Å². The summed E-state index contributed by atoms with van der Waals surface area (Å²) in [5, 5.41) is 13.0. The van der Waals surface area contributed by atoms with Crippen molar-refractivity contribution in [2.75, 3.05) is 6.54 Å². The lowest BCUT2D eigenvalue weighted by Gasteiger charge is -2.06. The number of rotatable bonds is 5. The minimum atomic E-state index is -0.526. The Balaban J connectivity index is 2.74. The smallest absolute Gasteiger partial charge is 0.269 e. The molecule has 0 atom stereocenters. The molecule has 0 aliphatic rings. The number of amides is 2. The van der Waals surface area contributed by atoms with E-state index in [1.807, 2.05) is 0 Å². The van der Waals surface area contributed by atoms with E-state index < -0.39 is 10.8 Å². The topological polar surface area (TPSA) is 115 Å². The third kappa shape index (κ3) is 3.55. The summed E-state index contributed by atoms with van der Waals surface area (Å²) in [4.78, 5) is 32.2. The predicted molar refractivity (Wildman–Crippen MR) is 64.0 cm³/mol. The number of benzene rings is 1. The second-order valence-corrected chi connectivity index (χ2v) is 3.73. The molecule has 1 aromatic carbocycles. The Kier molecular flexibility index (Phi) is 4.36. The molecule has 0 heterocycles. The van der Waals surface area contributed by atoms with Gasteiger partial charge in [0.1, 0.15) is 0 Å². The number of hydrogen-bond acceptors (Lipinski definition) is 4. The average Bonchev–Trinajstić information content (AvgIpc) is 2.27. The summed E-state index contributed by atoms with van der Waals surface area (Å²) >= 11 is 0. The van der Waals surface area contributed by atoms with E-state index in [-0.39, 0.29) is 24.6 Å². The summed E-state index contributed by atoms with van der Waals surface area (Å²) in [6.07, 6.45) is 0.0533. The van der Waals surface area contributed by atoms with E-state index in [1.165, 1.54) is 18.2 Å². The molecule has 18 heavy (non-hydrogen) atoms. The maximum absolute atomic E-state index is 11.7. The number of aryl methyl sites for hydroxylation is 1. The van der Waals surface area contributed by atoms with Gasteiger partial charge in [0.25, 0.3) is 11.6 Å². The van der Waals surface area contributed by atoms with E-state index in [0.717, 1.165) is 0 Å². The minimum absolute atomic E-state index is 0.0533. The van der Waals surface area contributed by atoms with Crippen molar-refractivity contribution in [3.63, 3.8) is 0 Å². The molecule has 1 rings (SSSR count). The lowest BCUT2D eigenvalue weighted by molar-refractivity contribution is -0.384. The molecule has 2 amide bonds. The first kappa shape index (κ1) is 13.6. The molecule has 0 radical (unpaired) electrons. The van der Waals surface area contributed by atoms with E-state index >= 15 is 0 Å². The number of nitrogens with two attached hydrogens (primary N) is 1. The first-order chi connectivity index (χ1) is 8.41. The summed E-state index contributed by atoms with van der Waals surface area (Å²) in [7, 11) is 0. The van der Waals surface area contributed by atoms with Gasteiger partial charge in [0.05, 0.1) is 4.92 Å². The number of nitrogens with one attached hydrogen (secondary N) is 1. The SMILES string of the molecule is Cc1cc([N+](=O)[O-])ccc1C(=O)NCCC(N)=O. The Bertz CT molecular complexity index is 499. The minimum Gasteiger partial charge on any atom is -0.370 e. The van der Waals surface area contributed by atoms with Crippen molar-refractivity contribution >= 4 is 17.5 Å². The molecule has 0 aromatic heterocycles. The molecular formula is C11H13N3O4. The Morgan fingerprint density at radius 2 is 2.11 bits per heavy atom. The van der Waals surface area contributed by atoms with Crippen molar-refractivity contribution in [1.82, 2.24) is 5.32 Å². The van der Waals surface area contributed by atoms with Crippen molar-refractivity contribution in [2.45, 2.75) is 13.3 Å². The van der Waals surface area contributed by atoms with Crippen LogP contribution in [0.2, 0.25) is 0 Å². The molecule has 0 spiro atoms. The normalized spacial score (nSPS) is 9.83. The maximum Gasteiger partial charge on any atom is 0.269 e. The number of primary amides is 1. The van der Waals surface area contributed by atoms with Crippen LogP contribution in [-0.2, 0) is 4.79 Å². The maximum atomic E-state index is 11.7. The molecule has 0 aliphatic heterocycles. The summed E-state index contributed by atoms with van der Waals surface area (Å²) in [5.74, 6) is -0.889. The van der Waals surface area contributed by atoms with Crippen LogP contribution in [0.25, 0.3) is 0 Å². The van der Waals surface area contributed by atoms with Gasteiger partial charge in [0, 0.05) is 30.7 Å². The zero-order chi connectivity index (χ0) is 13.7. The number of non-ortho nitro benzene ring substituents is 1. The summed E-state index contributed by atoms with van der Waals surface area (Å²) in [6, 6.07) is 3.96. The number of hydrogen-bond donors (Lipinski definition) is 2. The second-order valence-electron chi connectivity index (χ2n) is 3.73. The van der Waals surface area contributed by atoms with E-state index in [2.05, 4.69) is 5.32 Å². The van der Waals surface area contributed by atoms with Crippen molar-refractivity contribution in [2.24, 2.45) is 5.73 Å². The fourth-order valence-electron chi connectivity index (χ4n) is 1.41. The van der Waals surface area contributed by atoms with Crippen molar-refractivity contribution in [3.05, 3.63) is 39.4 Å². The van der Waals surface area contributed by atoms with E-state index in [4.69, 9.17) is 5.73 Å². The number of nitrogens with zero attached hydrogens (tertiary/aromatic N) is 1. The van der Waals surface area contributed by atoms with Gasteiger partial charge in [0.2, 0.25) is 5.91 Å². The first-order valence-electron chi connectivity index (χ1n) is 5.23. The van der Waals surface area contributed by atoms with Crippen LogP contribution in [0.3, 0.4) is 0 Å². The highest BCUT2D eigenvalue weighted by Gasteiger charge is 2.13. The van der Waals surface area contributed by atoms with Gasteiger partial charge in [-0.1, -0.05) is 0 Å². The molecular weight excluding hydrogens is 238 g/mol. The second kappa shape index (κ2) is 5.76. The zero-order valence-corrected chi connectivity index (χ0v) is 9.80. The Morgan fingerprint density at radius 1 is 1.44 bits per heavy atom. The Labute approximate surface area is 103 Å². The molecule has 1 aromatic rings. The number of carbonyl (C=O) groups is 2. The summed E-state index contributed by atoms with van der Waals surface area (Å²) in [6.45, 7) is 1.75. The molecule has 0 bridgehead atoms. The predicted octanol–water partition coefficient (Wildman–Crippen LogP) is 0.508. The van der Waals surface area contributed by atoms with Gasteiger partial charge in [-0.15, -0.1) is 0 Å². The van der Waals surface area contributed by atoms with Gasteiger partial charge in [-0.05, 0) is 18.6 Å². The monoisotopic (exact) mass is 251 g/mol. The van der Waals surface area contributed by atoms with Crippen LogP contribution < -0.4 is 11.1 Å². The van der Waals surface area contributed by atoms with Crippen molar-refractivity contribution < 1.29 is 14.5 Å². The largest absolute Gasteiger partial charge is 0.370 e. The van der Waals surface area contributed by atoms with Gasteiger partial charge < -0.3 is 11.1 Å². The average molecular weight is 251 g/mol. The zero-order valence-electron chi connectivity index (χ0n) is 9.80. The van der Waals surface area contributed by atoms with Crippen molar-refractivity contribution in [1.29, 1.82) is 0 Å². The fraction of sp³-hybridized carbons (Fsp3) is 0.273. The lowest BCUT2D eigenvalue weighted by atomic mass is 10.1. The van der Waals surface area contributed by atoms with E-state index in [9.17, 15) is 19.7 Å². The molecule has 7 nitrogen and oxygen atoms in total. The van der Waals surface area contributed by atoms with Gasteiger partial charge in [-0.2, -0.15) is 0 Å². The summed E-state index contributed by atoms with van der Waals surface area (Å²) < 4.78 is 0. The van der Waals surface area contributed by atoms with Crippen LogP contribution in [0, 0.1) is 17.0 Å². The molecule has 7 heteroatoms. The standard InChI is InChI=1S/C11H13N3O4/c1-7-6-8(14(17)18)2-3-9(7)11(16)13-5-4-10(12)15/h2-3,6H,4-5H2,1H3,(H2,12,15)(H,13,16). The van der Waals surface area contributed by atoms with E-state index in [0.29, 0.717) is 11.1 Å². The third-order valence-corrected chi connectivity index (χ3v) is 2.32. The first-order valence-corrected chi connectivity index (χ1v) is 5.23. The van der Waals surface area contributed by atoms with Gasteiger partial charge in [-0.25, -0.2) is 0 Å². The molecule has 0 saturated heterocycles. The Hall–Kier alpha value is -2.44. The molecule has 0 fully saturated rings. The number of nitro groups is 1. The van der Waals surface area contributed by atoms with E-state index in [1.54, 1.807) is 6.92 Å². The molecule has 96 valence electrons. The molecule has 0 saturated carbocycles.